The quantitative estimate of drug-likeness (QED) is 0.858. The van der Waals surface area contributed by atoms with E-state index >= 15 is 0 Å². The number of rotatable bonds is 5. The summed E-state index contributed by atoms with van der Waals surface area (Å²) in [5.74, 6) is -1.22. The van der Waals surface area contributed by atoms with Gasteiger partial charge >= 0.3 is 0 Å². The summed E-state index contributed by atoms with van der Waals surface area (Å²) in [5.41, 5.74) is 5.85. The molecule has 1 heterocycles. The van der Waals surface area contributed by atoms with Gasteiger partial charge in [-0.2, -0.15) is 0 Å². The van der Waals surface area contributed by atoms with Crippen molar-refractivity contribution in [2.75, 3.05) is 26.2 Å². The van der Waals surface area contributed by atoms with Crippen molar-refractivity contribution in [1.82, 2.24) is 10.2 Å². The highest BCUT2D eigenvalue weighted by atomic mass is 35.5. The molecule has 0 saturated carbocycles. The molecule has 0 spiro atoms. The van der Waals surface area contributed by atoms with Crippen molar-refractivity contribution in [3.63, 3.8) is 0 Å². The molecule has 1 aromatic carbocycles. The molecule has 7 heteroatoms. The second-order valence-corrected chi connectivity index (χ2v) is 5.76. The van der Waals surface area contributed by atoms with Gasteiger partial charge in [-0.15, -0.1) is 12.4 Å². The van der Waals surface area contributed by atoms with Crippen molar-refractivity contribution in [2.45, 2.75) is 25.8 Å². The summed E-state index contributed by atoms with van der Waals surface area (Å²) < 4.78 is 26.9. The van der Waals surface area contributed by atoms with E-state index in [1.165, 1.54) is 12.1 Å². The van der Waals surface area contributed by atoms with Gasteiger partial charge in [0.15, 0.2) is 0 Å². The smallest absolute Gasteiger partial charge is 0.224 e. The Morgan fingerprint density at radius 2 is 2.22 bits per heavy atom. The molecule has 0 aliphatic carbocycles. The van der Waals surface area contributed by atoms with Crippen LogP contribution >= 0.6 is 12.4 Å². The van der Waals surface area contributed by atoms with Crippen LogP contribution in [-0.4, -0.2) is 37.0 Å². The van der Waals surface area contributed by atoms with Crippen LogP contribution in [0.3, 0.4) is 0 Å². The van der Waals surface area contributed by atoms with E-state index in [0.717, 1.165) is 25.5 Å². The second-order valence-electron chi connectivity index (χ2n) is 5.76. The summed E-state index contributed by atoms with van der Waals surface area (Å²) >= 11 is 0. The monoisotopic (exact) mass is 347 g/mol. The van der Waals surface area contributed by atoms with Gasteiger partial charge < -0.3 is 11.1 Å². The molecule has 1 fully saturated rings. The molecule has 1 amide bonds. The van der Waals surface area contributed by atoms with Crippen LogP contribution in [0.5, 0.6) is 0 Å². The van der Waals surface area contributed by atoms with Crippen LogP contribution in [0.1, 0.15) is 31.4 Å². The summed E-state index contributed by atoms with van der Waals surface area (Å²) in [7, 11) is 0. The zero-order valence-corrected chi connectivity index (χ0v) is 14.0. The topological polar surface area (TPSA) is 58.4 Å². The lowest BCUT2D eigenvalue weighted by molar-refractivity contribution is -0.126. The van der Waals surface area contributed by atoms with Crippen LogP contribution in [0.4, 0.5) is 8.78 Å². The number of nitrogens with one attached hydrogen (secondary N) is 1. The van der Waals surface area contributed by atoms with Gasteiger partial charge in [-0.05, 0) is 32.4 Å². The Morgan fingerprint density at radius 3 is 2.87 bits per heavy atom. The maximum atomic E-state index is 13.9. The predicted octanol–water partition coefficient (Wildman–Crippen LogP) is 2.23. The minimum Gasteiger partial charge on any atom is -0.355 e. The predicted molar refractivity (Wildman–Crippen MR) is 88.4 cm³/mol. The summed E-state index contributed by atoms with van der Waals surface area (Å²) in [6, 6.07) is 3.46. The molecule has 1 aromatic rings. The fourth-order valence-corrected chi connectivity index (χ4v) is 2.95. The number of nitrogens with zero attached hydrogens (tertiary/aromatic N) is 1. The van der Waals surface area contributed by atoms with Gasteiger partial charge in [-0.25, -0.2) is 8.78 Å². The van der Waals surface area contributed by atoms with Crippen molar-refractivity contribution >= 4 is 18.3 Å². The van der Waals surface area contributed by atoms with E-state index in [1.807, 2.05) is 6.92 Å². The lowest BCUT2D eigenvalue weighted by Gasteiger charge is -2.36. The van der Waals surface area contributed by atoms with E-state index in [-0.39, 0.29) is 30.3 Å². The highest BCUT2D eigenvalue weighted by molar-refractivity contribution is 5.85. The first-order valence-electron chi connectivity index (χ1n) is 7.69. The Labute approximate surface area is 141 Å². The number of nitrogens with two attached hydrogens (primary N) is 1. The van der Waals surface area contributed by atoms with Crippen molar-refractivity contribution in [2.24, 2.45) is 11.7 Å². The van der Waals surface area contributed by atoms with Crippen LogP contribution < -0.4 is 11.1 Å². The van der Waals surface area contributed by atoms with Crippen LogP contribution in [0.2, 0.25) is 0 Å². The van der Waals surface area contributed by atoms with E-state index < -0.39 is 11.6 Å². The van der Waals surface area contributed by atoms with Crippen LogP contribution in [0.15, 0.2) is 18.2 Å². The number of halogens is 3. The number of piperidine rings is 1. The molecule has 3 N–H and O–H groups in total. The Balaban J connectivity index is 0.00000264. The standard InChI is InChI=1S/C16H23F2N3O.ClH/c1-11(14-5-4-13(17)9-15(14)18)21-8-2-3-12(10-21)16(22)20-7-6-19;/h4-5,9,11-12H,2-3,6-8,10,19H2,1H3,(H,20,22);1H. The van der Waals surface area contributed by atoms with Gasteiger partial charge in [0.25, 0.3) is 0 Å². The van der Waals surface area contributed by atoms with Crippen molar-refractivity contribution in [3.8, 4) is 0 Å². The first kappa shape index (κ1) is 19.8. The second kappa shape index (κ2) is 9.15. The average molecular weight is 348 g/mol. The molecule has 1 aliphatic heterocycles. The largest absolute Gasteiger partial charge is 0.355 e. The van der Waals surface area contributed by atoms with Crippen LogP contribution in [-0.2, 0) is 4.79 Å². The SMILES string of the molecule is CC(c1ccc(F)cc1F)N1CCCC(C(=O)NCCN)C1.Cl. The van der Waals surface area contributed by atoms with Gasteiger partial charge in [-0.1, -0.05) is 6.07 Å². The molecule has 1 saturated heterocycles. The number of hydrogen-bond donors (Lipinski definition) is 2. The maximum absolute atomic E-state index is 13.9. The van der Waals surface area contributed by atoms with Crippen LogP contribution in [0.25, 0.3) is 0 Å². The Bertz CT molecular complexity index is 530. The summed E-state index contributed by atoms with van der Waals surface area (Å²) in [5, 5.41) is 2.81. The van der Waals surface area contributed by atoms with Crippen molar-refractivity contribution in [1.29, 1.82) is 0 Å². The van der Waals surface area contributed by atoms with E-state index in [2.05, 4.69) is 10.2 Å². The normalized spacial score (nSPS) is 19.7. The highest BCUT2D eigenvalue weighted by Crippen LogP contribution is 2.28. The lowest BCUT2D eigenvalue weighted by Crippen LogP contribution is -2.44. The zero-order valence-electron chi connectivity index (χ0n) is 13.2. The number of carbonyl (C=O) groups excluding carboxylic acids is 1. The molecule has 23 heavy (non-hydrogen) atoms. The molecule has 4 nitrogen and oxygen atoms in total. The first-order valence-corrected chi connectivity index (χ1v) is 7.69. The summed E-state index contributed by atoms with van der Waals surface area (Å²) in [6.45, 7) is 4.15. The fourth-order valence-electron chi connectivity index (χ4n) is 2.95. The Kier molecular flexibility index (Phi) is 7.88. The first-order chi connectivity index (χ1) is 10.5. The summed E-state index contributed by atoms with van der Waals surface area (Å²) in [4.78, 5) is 14.1. The molecule has 2 atom stereocenters. The minimum absolute atomic E-state index is 0. The Hall–Kier alpha value is -1.24. The van der Waals surface area contributed by atoms with E-state index in [1.54, 1.807) is 0 Å². The van der Waals surface area contributed by atoms with E-state index in [0.29, 0.717) is 25.2 Å². The fraction of sp³-hybridized carbons (Fsp3) is 0.562. The van der Waals surface area contributed by atoms with Gasteiger partial charge in [0.05, 0.1) is 5.92 Å². The molecule has 0 radical (unpaired) electrons. The average Bonchev–Trinajstić information content (AvgIpc) is 2.52. The maximum Gasteiger partial charge on any atom is 0.224 e. The molecule has 1 aliphatic rings. The van der Waals surface area contributed by atoms with Crippen molar-refractivity contribution < 1.29 is 13.6 Å². The summed E-state index contributed by atoms with van der Waals surface area (Å²) in [6.07, 6.45) is 1.71. The molecule has 0 bridgehead atoms. The third kappa shape index (κ3) is 5.12. The van der Waals surface area contributed by atoms with Crippen molar-refractivity contribution in [3.05, 3.63) is 35.4 Å². The Morgan fingerprint density at radius 1 is 1.48 bits per heavy atom. The third-order valence-electron chi connectivity index (χ3n) is 4.23. The van der Waals surface area contributed by atoms with Gasteiger partial charge in [0.2, 0.25) is 5.91 Å². The molecule has 2 unspecified atom stereocenters. The molecule has 0 aromatic heterocycles. The van der Waals surface area contributed by atoms with Gasteiger partial charge in [0.1, 0.15) is 11.6 Å². The number of amides is 1. The van der Waals surface area contributed by atoms with Gasteiger partial charge in [-0.3, -0.25) is 9.69 Å². The number of carbonyl (C=O) groups is 1. The molecular formula is C16H24ClF2N3O. The number of benzene rings is 1. The van der Waals surface area contributed by atoms with Crippen LogP contribution in [0, 0.1) is 17.6 Å². The third-order valence-corrected chi connectivity index (χ3v) is 4.23. The molecule has 2 rings (SSSR count). The number of hydrogen-bond acceptors (Lipinski definition) is 3. The van der Waals surface area contributed by atoms with E-state index in [4.69, 9.17) is 5.73 Å². The lowest BCUT2D eigenvalue weighted by atomic mass is 9.94. The highest BCUT2D eigenvalue weighted by Gasteiger charge is 2.29. The van der Waals surface area contributed by atoms with Gasteiger partial charge in [0, 0.05) is 37.3 Å². The number of likely N-dealkylation sites (tertiary alicyclic amines) is 1. The molecular weight excluding hydrogens is 324 g/mol. The van der Waals surface area contributed by atoms with E-state index in [9.17, 15) is 13.6 Å². The minimum atomic E-state index is -0.578. The molecule has 130 valence electrons. The zero-order chi connectivity index (χ0) is 16.1.